The molecule has 2 aromatic rings. The standard InChI is InChI=1S/C11H7FN/c12-10-6-4-9(5-7-10)11-3-1-2-8-13-11/h1-4,6-8H/q-1. The fraction of sp³-hybridized carbons (Fsp3) is 0. The number of halogens is 1. The molecule has 0 aliphatic heterocycles. The zero-order valence-electron chi connectivity index (χ0n) is 6.87. The summed E-state index contributed by atoms with van der Waals surface area (Å²) in [5.74, 6) is -0.278. The van der Waals surface area contributed by atoms with Gasteiger partial charge in [-0.1, -0.05) is 12.1 Å². The van der Waals surface area contributed by atoms with E-state index in [4.69, 9.17) is 0 Å². The van der Waals surface area contributed by atoms with Crippen molar-refractivity contribution in [3.63, 3.8) is 0 Å². The zero-order valence-corrected chi connectivity index (χ0v) is 6.87. The minimum atomic E-state index is -0.278. The molecule has 1 nitrogen and oxygen atoms in total. The molecule has 0 radical (unpaired) electrons. The van der Waals surface area contributed by atoms with E-state index < -0.39 is 0 Å². The highest BCUT2D eigenvalue weighted by atomic mass is 19.1. The van der Waals surface area contributed by atoms with Gasteiger partial charge in [0.15, 0.2) is 0 Å². The third kappa shape index (κ3) is 1.72. The van der Waals surface area contributed by atoms with E-state index in [1.165, 1.54) is 12.1 Å². The van der Waals surface area contributed by atoms with E-state index in [0.29, 0.717) is 0 Å². The van der Waals surface area contributed by atoms with Crippen LogP contribution in [0.3, 0.4) is 0 Å². The van der Waals surface area contributed by atoms with E-state index in [2.05, 4.69) is 11.1 Å². The third-order valence-electron chi connectivity index (χ3n) is 1.72. The van der Waals surface area contributed by atoms with E-state index in [1.54, 1.807) is 12.3 Å². The lowest BCUT2D eigenvalue weighted by Gasteiger charge is -2.06. The minimum Gasteiger partial charge on any atom is -0.305 e. The SMILES string of the molecule is Fc1c[c-]c(-c2ccccn2)cc1. The molecule has 1 aromatic carbocycles. The Bertz CT molecular complexity index is 381. The predicted molar refractivity (Wildman–Crippen MR) is 48.5 cm³/mol. The molecule has 0 saturated carbocycles. The van der Waals surface area contributed by atoms with E-state index in [1.807, 2.05) is 18.2 Å². The predicted octanol–water partition coefficient (Wildman–Crippen LogP) is 2.69. The summed E-state index contributed by atoms with van der Waals surface area (Å²) in [6.07, 6.45) is 1.70. The first-order valence-corrected chi connectivity index (χ1v) is 3.95. The van der Waals surface area contributed by atoms with Crippen LogP contribution in [0.1, 0.15) is 0 Å². The molecule has 0 aliphatic carbocycles. The number of pyridine rings is 1. The van der Waals surface area contributed by atoms with Gasteiger partial charge in [0.05, 0.1) is 0 Å². The Morgan fingerprint density at radius 1 is 1.15 bits per heavy atom. The molecule has 13 heavy (non-hydrogen) atoms. The maximum Gasteiger partial charge on any atom is 0.0379 e. The Labute approximate surface area is 75.9 Å². The van der Waals surface area contributed by atoms with Crippen LogP contribution in [0.4, 0.5) is 4.39 Å². The van der Waals surface area contributed by atoms with Crippen molar-refractivity contribution >= 4 is 0 Å². The van der Waals surface area contributed by atoms with Crippen molar-refractivity contribution in [2.24, 2.45) is 0 Å². The lowest BCUT2D eigenvalue weighted by molar-refractivity contribution is 0.627. The maximum atomic E-state index is 12.6. The van der Waals surface area contributed by atoms with Crippen LogP contribution in [-0.4, -0.2) is 4.98 Å². The molecule has 0 N–H and O–H groups in total. The summed E-state index contributed by atoms with van der Waals surface area (Å²) in [7, 11) is 0. The van der Waals surface area contributed by atoms with Gasteiger partial charge < -0.3 is 4.98 Å². The quantitative estimate of drug-likeness (QED) is 0.602. The van der Waals surface area contributed by atoms with Crippen LogP contribution in [0.5, 0.6) is 0 Å². The monoisotopic (exact) mass is 172 g/mol. The summed E-state index contributed by atoms with van der Waals surface area (Å²) < 4.78 is 12.6. The lowest BCUT2D eigenvalue weighted by Crippen LogP contribution is -1.82. The second kappa shape index (κ2) is 3.35. The fourth-order valence-corrected chi connectivity index (χ4v) is 1.09. The Morgan fingerprint density at radius 3 is 2.69 bits per heavy atom. The van der Waals surface area contributed by atoms with Crippen molar-refractivity contribution in [2.75, 3.05) is 0 Å². The fourth-order valence-electron chi connectivity index (χ4n) is 1.09. The molecule has 0 saturated heterocycles. The first-order chi connectivity index (χ1) is 6.36. The molecule has 2 heteroatoms. The van der Waals surface area contributed by atoms with Gasteiger partial charge in [-0.25, -0.2) is 0 Å². The van der Waals surface area contributed by atoms with Gasteiger partial charge in [0.25, 0.3) is 0 Å². The summed E-state index contributed by atoms with van der Waals surface area (Å²) in [5.41, 5.74) is 1.62. The van der Waals surface area contributed by atoms with Crippen LogP contribution in [0.25, 0.3) is 11.3 Å². The van der Waals surface area contributed by atoms with Crippen molar-refractivity contribution in [3.8, 4) is 11.3 Å². The van der Waals surface area contributed by atoms with E-state index >= 15 is 0 Å². The number of rotatable bonds is 1. The molecule has 64 valence electrons. The van der Waals surface area contributed by atoms with E-state index in [0.717, 1.165) is 11.3 Å². The van der Waals surface area contributed by atoms with Gasteiger partial charge in [0, 0.05) is 12.0 Å². The van der Waals surface area contributed by atoms with Gasteiger partial charge in [-0.2, -0.15) is 0 Å². The molecule has 1 aromatic heterocycles. The molecule has 0 amide bonds. The largest absolute Gasteiger partial charge is 0.305 e. The van der Waals surface area contributed by atoms with Crippen LogP contribution in [-0.2, 0) is 0 Å². The van der Waals surface area contributed by atoms with E-state index in [9.17, 15) is 4.39 Å². The third-order valence-corrected chi connectivity index (χ3v) is 1.72. The topological polar surface area (TPSA) is 12.9 Å². The molecule has 0 unspecified atom stereocenters. The molecular formula is C11H7FN-. The number of nitrogens with zero attached hydrogens (tertiary/aromatic N) is 1. The summed E-state index contributed by atoms with van der Waals surface area (Å²) in [6.45, 7) is 0. The van der Waals surface area contributed by atoms with Crippen molar-refractivity contribution < 1.29 is 4.39 Å². The Hall–Kier alpha value is -1.70. The Kier molecular flexibility index (Phi) is 2.04. The summed E-state index contributed by atoms with van der Waals surface area (Å²) in [6, 6.07) is 12.8. The lowest BCUT2D eigenvalue weighted by atomic mass is 10.1. The van der Waals surface area contributed by atoms with Gasteiger partial charge in [-0.15, -0.1) is 29.8 Å². The van der Waals surface area contributed by atoms with Crippen LogP contribution >= 0.6 is 0 Å². The number of benzene rings is 1. The van der Waals surface area contributed by atoms with Crippen LogP contribution in [0, 0.1) is 11.9 Å². The second-order valence-electron chi connectivity index (χ2n) is 2.64. The van der Waals surface area contributed by atoms with Crippen molar-refractivity contribution in [2.45, 2.75) is 0 Å². The molecule has 2 rings (SSSR count). The number of hydrogen-bond acceptors (Lipinski definition) is 1. The average Bonchev–Trinajstić information content (AvgIpc) is 2.20. The highest BCUT2D eigenvalue weighted by molar-refractivity contribution is 5.57. The van der Waals surface area contributed by atoms with Crippen LogP contribution in [0.15, 0.2) is 42.6 Å². The molecule has 0 aliphatic rings. The van der Waals surface area contributed by atoms with E-state index in [-0.39, 0.29) is 5.82 Å². The highest BCUT2D eigenvalue weighted by Crippen LogP contribution is 2.15. The van der Waals surface area contributed by atoms with Gasteiger partial charge in [-0.05, 0) is 11.8 Å². The molecular weight excluding hydrogens is 165 g/mol. The first kappa shape index (κ1) is 7.92. The molecule has 0 bridgehead atoms. The second-order valence-corrected chi connectivity index (χ2v) is 2.64. The van der Waals surface area contributed by atoms with Crippen molar-refractivity contribution in [3.05, 3.63) is 54.5 Å². The summed E-state index contributed by atoms with van der Waals surface area (Å²) in [4.78, 5) is 4.12. The average molecular weight is 172 g/mol. The van der Waals surface area contributed by atoms with Crippen molar-refractivity contribution in [1.29, 1.82) is 0 Å². The van der Waals surface area contributed by atoms with Gasteiger partial charge >= 0.3 is 0 Å². The zero-order chi connectivity index (χ0) is 9.10. The molecule has 0 spiro atoms. The normalized spacial score (nSPS) is 9.92. The summed E-state index contributed by atoms with van der Waals surface area (Å²) >= 11 is 0. The maximum absolute atomic E-state index is 12.6. The van der Waals surface area contributed by atoms with Gasteiger partial charge in [-0.3, -0.25) is 4.39 Å². The number of hydrogen-bond donors (Lipinski definition) is 0. The van der Waals surface area contributed by atoms with Crippen molar-refractivity contribution in [1.82, 2.24) is 4.98 Å². The first-order valence-electron chi connectivity index (χ1n) is 3.95. The van der Waals surface area contributed by atoms with Gasteiger partial charge in [0.1, 0.15) is 0 Å². The minimum absolute atomic E-state index is 0.278. The van der Waals surface area contributed by atoms with Gasteiger partial charge in [0.2, 0.25) is 0 Å². The van der Waals surface area contributed by atoms with Crippen LogP contribution in [0.2, 0.25) is 0 Å². The molecule has 0 fully saturated rings. The molecule has 0 atom stereocenters. The number of aromatic nitrogens is 1. The van der Waals surface area contributed by atoms with Crippen LogP contribution < -0.4 is 0 Å². The Morgan fingerprint density at radius 2 is 2.08 bits per heavy atom. The Balaban J connectivity index is 2.42. The smallest absolute Gasteiger partial charge is 0.0379 e. The highest BCUT2D eigenvalue weighted by Gasteiger charge is 1.88. The molecule has 1 heterocycles. The summed E-state index contributed by atoms with van der Waals surface area (Å²) in [5, 5.41) is 0.